The Hall–Kier alpha value is -2.15. The van der Waals surface area contributed by atoms with E-state index in [0.717, 1.165) is 51.4 Å². The molecule has 0 radical (unpaired) electrons. The number of carboxylic acids is 1. The molecule has 0 fully saturated rings. The Morgan fingerprint density at radius 3 is 1.50 bits per heavy atom. The summed E-state index contributed by atoms with van der Waals surface area (Å²) in [6.07, 6.45) is 48.4. The molecule has 7 nitrogen and oxygen atoms in total. The average molecular weight is 761 g/mol. The van der Waals surface area contributed by atoms with Crippen LogP contribution in [0, 0.1) is 0 Å². The molecule has 0 aromatic heterocycles. The van der Waals surface area contributed by atoms with E-state index in [1.165, 1.54) is 141 Å². The Labute approximate surface area is 333 Å². The van der Waals surface area contributed by atoms with Gasteiger partial charge in [0.1, 0.15) is 12.1 Å². The molecule has 0 spiro atoms. The van der Waals surface area contributed by atoms with Gasteiger partial charge in [0.25, 0.3) is 0 Å². The zero-order valence-corrected chi connectivity index (χ0v) is 35.6. The number of hydrogen-bond acceptors (Lipinski definition) is 5. The number of amides is 1. The Balaban J connectivity index is 4.04. The average Bonchev–Trinajstić information content (AvgIpc) is 3.16. The van der Waals surface area contributed by atoms with Crippen molar-refractivity contribution in [3.05, 3.63) is 24.3 Å². The van der Waals surface area contributed by atoms with Crippen LogP contribution in [0.5, 0.6) is 0 Å². The second kappa shape index (κ2) is 42.0. The first kappa shape index (κ1) is 51.9. The number of allylic oxidation sites excluding steroid dienone is 3. The van der Waals surface area contributed by atoms with Crippen molar-refractivity contribution in [3.63, 3.8) is 0 Å². The van der Waals surface area contributed by atoms with E-state index in [2.05, 4.69) is 37.4 Å². The Morgan fingerprint density at radius 1 is 0.556 bits per heavy atom. The van der Waals surface area contributed by atoms with Crippen molar-refractivity contribution in [1.29, 1.82) is 0 Å². The summed E-state index contributed by atoms with van der Waals surface area (Å²) in [5, 5.41) is 11.9. The van der Waals surface area contributed by atoms with Crippen LogP contribution in [0.15, 0.2) is 24.3 Å². The first-order valence-corrected chi connectivity index (χ1v) is 23.2. The van der Waals surface area contributed by atoms with Crippen molar-refractivity contribution in [2.24, 2.45) is 5.73 Å². The predicted molar refractivity (Wildman–Crippen MR) is 230 cm³/mol. The molecule has 2 unspecified atom stereocenters. The third-order valence-corrected chi connectivity index (χ3v) is 10.5. The van der Waals surface area contributed by atoms with Gasteiger partial charge in [-0.15, -0.1) is 0 Å². The second-order valence-electron chi connectivity index (χ2n) is 15.8. The van der Waals surface area contributed by atoms with Crippen molar-refractivity contribution >= 4 is 17.8 Å². The molecule has 0 heterocycles. The molecule has 0 aliphatic carbocycles. The molecule has 1 amide bonds. The summed E-state index contributed by atoms with van der Waals surface area (Å²) in [6.45, 7) is 4.89. The predicted octanol–water partition coefficient (Wildman–Crippen LogP) is 13.2. The minimum absolute atomic E-state index is 0.101. The van der Waals surface area contributed by atoms with Crippen molar-refractivity contribution in [2.75, 3.05) is 6.54 Å². The lowest BCUT2D eigenvalue weighted by Crippen LogP contribution is -2.40. The van der Waals surface area contributed by atoms with Crippen LogP contribution in [-0.4, -0.2) is 41.6 Å². The third-order valence-electron chi connectivity index (χ3n) is 10.5. The molecule has 316 valence electrons. The number of hydrogen-bond donors (Lipinski definition) is 3. The number of nitrogens with two attached hydrogens (primary N) is 1. The molecule has 2 atom stereocenters. The first-order chi connectivity index (χ1) is 26.4. The van der Waals surface area contributed by atoms with Crippen LogP contribution < -0.4 is 11.1 Å². The van der Waals surface area contributed by atoms with Crippen LogP contribution in [0.4, 0.5) is 0 Å². The van der Waals surface area contributed by atoms with Crippen LogP contribution in [0.3, 0.4) is 0 Å². The van der Waals surface area contributed by atoms with Gasteiger partial charge in [0.05, 0.1) is 0 Å². The van der Waals surface area contributed by atoms with Gasteiger partial charge in [-0.25, -0.2) is 4.79 Å². The fraction of sp³-hybridized carbons (Fsp3) is 0.851. The molecule has 0 bridgehead atoms. The number of esters is 1. The van der Waals surface area contributed by atoms with Gasteiger partial charge in [-0.05, 0) is 64.0 Å². The molecule has 0 saturated heterocycles. The Kier molecular flexibility index (Phi) is 40.3. The smallest absolute Gasteiger partial charge is 0.326 e. The number of unbranched alkanes of at least 4 members (excludes halogenated alkanes) is 26. The van der Waals surface area contributed by atoms with Crippen LogP contribution in [0.25, 0.3) is 0 Å². The highest BCUT2D eigenvalue weighted by Gasteiger charge is 2.19. The van der Waals surface area contributed by atoms with Gasteiger partial charge >= 0.3 is 11.9 Å². The van der Waals surface area contributed by atoms with E-state index in [1.807, 2.05) is 6.08 Å². The summed E-state index contributed by atoms with van der Waals surface area (Å²) < 4.78 is 5.91. The maximum atomic E-state index is 12.7. The highest BCUT2D eigenvalue weighted by Crippen LogP contribution is 2.17. The number of aliphatic carboxylic acids is 1. The largest absolute Gasteiger partial charge is 0.480 e. The summed E-state index contributed by atoms with van der Waals surface area (Å²) in [6, 6.07) is -0.872. The molecule has 0 aromatic carbocycles. The number of nitrogens with one attached hydrogen (secondary N) is 1. The maximum absolute atomic E-state index is 12.7. The van der Waals surface area contributed by atoms with E-state index in [9.17, 15) is 19.5 Å². The molecule has 0 aliphatic rings. The maximum Gasteiger partial charge on any atom is 0.326 e. The highest BCUT2D eigenvalue weighted by atomic mass is 16.5. The number of ether oxygens (including phenoxy) is 1. The zero-order chi connectivity index (χ0) is 39.6. The van der Waals surface area contributed by atoms with E-state index in [1.54, 1.807) is 0 Å². The molecule has 0 aromatic rings. The topological polar surface area (TPSA) is 119 Å². The fourth-order valence-electron chi connectivity index (χ4n) is 6.98. The number of carbonyl (C=O) groups is 3. The van der Waals surface area contributed by atoms with Crippen molar-refractivity contribution in [2.45, 2.75) is 251 Å². The fourth-order valence-corrected chi connectivity index (χ4v) is 6.98. The van der Waals surface area contributed by atoms with Crippen LogP contribution in [-0.2, 0) is 19.1 Å². The van der Waals surface area contributed by atoms with Gasteiger partial charge in [0, 0.05) is 12.8 Å². The van der Waals surface area contributed by atoms with E-state index >= 15 is 0 Å². The minimum Gasteiger partial charge on any atom is -0.480 e. The lowest BCUT2D eigenvalue weighted by Gasteiger charge is -2.15. The molecule has 0 aliphatic heterocycles. The third kappa shape index (κ3) is 38.1. The normalized spacial score (nSPS) is 12.8. The molecule has 54 heavy (non-hydrogen) atoms. The molecular formula is C47H88N2O5. The Morgan fingerprint density at radius 2 is 1.02 bits per heavy atom. The van der Waals surface area contributed by atoms with Crippen LogP contribution in [0.2, 0.25) is 0 Å². The number of carbonyl (C=O) groups excluding carboxylic acids is 2. The summed E-state index contributed by atoms with van der Waals surface area (Å²) in [5.41, 5.74) is 5.48. The van der Waals surface area contributed by atoms with Crippen LogP contribution in [0.1, 0.15) is 239 Å². The van der Waals surface area contributed by atoms with E-state index in [0.29, 0.717) is 38.6 Å². The second-order valence-corrected chi connectivity index (χ2v) is 15.8. The number of rotatable bonds is 42. The molecule has 7 heteroatoms. The SMILES string of the molecule is CCCC/C=C\C/C=C\C(CCCCCCC(=O)NC(CCCN)C(=O)O)OC(=O)CCCCCCCCCCCCCCCCCCCCCCCC. The van der Waals surface area contributed by atoms with Crippen molar-refractivity contribution < 1.29 is 24.2 Å². The van der Waals surface area contributed by atoms with Gasteiger partial charge in [0.2, 0.25) is 5.91 Å². The van der Waals surface area contributed by atoms with Crippen molar-refractivity contribution in [1.82, 2.24) is 5.32 Å². The number of carboxylic acid groups (broad SMARTS) is 1. The highest BCUT2D eigenvalue weighted by molar-refractivity contribution is 5.83. The van der Waals surface area contributed by atoms with E-state index in [4.69, 9.17) is 10.5 Å². The van der Waals surface area contributed by atoms with E-state index in [-0.39, 0.29) is 18.0 Å². The van der Waals surface area contributed by atoms with Gasteiger partial charge in [0.15, 0.2) is 0 Å². The summed E-state index contributed by atoms with van der Waals surface area (Å²) in [7, 11) is 0. The molecular weight excluding hydrogens is 673 g/mol. The summed E-state index contributed by atoms with van der Waals surface area (Å²) >= 11 is 0. The molecule has 0 saturated carbocycles. The molecule has 4 N–H and O–H groups in total. The lowest BCUT2D eigenvalue weighted by molar-refractivity contribution is -0.147. The first-order valence-electron chi connectivity index (χ1n) is 23.2. The lowest BCUT2D eigenvalue weighted by atomic mass is 10.0. The monoisotopic (exact) mass is 761 g/mol. The van der Waals surface area contributed by atoms with Gasteiger partial charge < -0.3 is 20.9 Å². The van der Waals surface area contributed by atoms with Gasteiger partial charge in [-0.3, -0.25) is 9.59 Å². The van der Waals surface area contributed by atoms with Gasteiger partial charge in [-0.2, -0.15) is 0 Å². The van der Waals surface area contributed by atoms with Gasteiger partial charge in [-0.1, -0.05) is 193 Å². The summed E-state index contributed by atoms with van der Waals surface area (Å²) in [4.78, 5) is 36.3. The Bertz CT molecular complexity index is 905. The van der Waals surface area contributed by atoms with Crippen LogP contribution >= 0.6 is 0 Å². The quantitative estimate of drug-likeness (QED) is 0.0324. The molecule has 0 rings (SSSR count). The zero-order valence-electron chi connectivity index (χ0n) is 35.6. The standard InChI is InChI=1S/C47H88N2O5/c1-3-5-7-9-11-12-13-14-15-16-17-18-19-20-21-22-23-24-25-27-29-35-41-46(51)54-43(37-32-28-26-10-8-6-4-2)38-33-30-31-34-40-45(50)49-44(47(52)53)39-36-42-48/h10,26,32,37,43-44H,3-9,11-25,27-31,33-36,38-42,48H2,1-2H3,(H,49,50)(H,52,53)/b26-10-,37-32-. The summed E-state index contributed by atoms with van der Waals surface area (Å²) in [5.74, 6) is -1.34. The van der Waals surface area contributed by atoms with E-state index < -0.39 is 12.0 Å². The minimum atomic E-state index is -1.02. The van der Waals surface area contributed by atoms with Crippen molar-refractivity contribution in [3.8, 4) is 0 Å².